The average molecular weight is 397 g/mol. The average Bonchev–Trinajstić information content (AvgIpc) is 2.96. The number of aryl methyl sites for hydroxylation is 1. The molecule has 1 aromatic heterocycles. The number of pyridine rings is 1. The first-order chi connectivity index (χ1) is 13.9. The highest BCUT2D eigenvalue weighted by molar-refractivity contribution is 6.08. The van der Waals surface area contributed by atoms with Crippen molar-refractivity contribution in [3.63, 3.8) is 0 Å². The molecular formula is C21H23N3O5. The van der Waals surface area contributed by atoms with Crippen molar-refractivity contribution < 1.29 is 23.9 Å². The van der Waals surface area contributed by atoms with Crippen LogP contribution in [-0.2, 0) is 26.3 Å². The Morgan fingerprint density at radius 1 is 1.21 bits per heavy atom. The third kappa shape index (κ3) is 4.53. The number of methoxy groups -OCH3 is 1. The maximum Gasteiger partial charge on any atom is 0.326 e. The quantitative estimate of drug-likeness (QED) is 0.416. The number of carbonyl (C=O) groups excluding carboxylic acids is 3. The van der Waals surface area contributed by atoms with Crippen LogP contribution in [0.1, 0.15) is 24.5 Å². The summed E-state index contributed by atoms with van der Waals surface area (Å²) in [7, 11) is 1.54. The Morgan fingerprint density at radius 3 is 2.62 bits per heavy atom. The number of imide groups is 1. The molecule has 8 heteroatoms. The van der Waals surface area contributed by atoms with Crippen molar-refractivity contribution in [1.29, 1.82) is 0 Å². The molecule has 2 heterocycles. The first-order valence-electron chi connectivity index (χ1n) is 9.27. The van der Waals surface area contributed by atoms with E-state index in [9.17, 15) is 14.4 Å². The summed E-state index contributed by atoms with van der Waals surface area (Å²) in [5.41, 5.74) is 0.404. The van der Waals surface area contributed by atoms with E-state index in [1.807, 2.05) is 12.1 Å². The lowest BCUT2D eigenvalue weighted by atomic mass is 9.92. The fourth-order valence-corrected chi connectivity index (χ4v) is 3.14. The van der Waals surface area contributed by atoms with Gasteiger partial charge in [-0.05, 0) is 49.1 Å². The predicted molar refractivity (Wildman–Crippen MR) is 104 cm³/mol. The highest BCUT2D eigenvalue weighted by atomic mass is 16.5. The Bertz CT molecular complexity index is 885. The molecule has 1 aliphatic heterocycles. The van der Waals surface area contributed by atoms with Crippen molar-refractivity contribution in [2.75, 3.05) is 20.3 Å². The summed E-state index contributed by atoms with van der Waals surface area (Å²) in [6, 6.07) is 9.99. The smallest absolute Gasteiger partial charge is 0.326 e. The van der Waals surface area contributed by atoms with Crippen LogP contribution >= 0.6 is 0 Å². The van der Waals surface area contributed by atoms with Gasteiger partial charge in [-0.15, -0.1) is 0 Å². The standard InChI is InChI=1S/C21H23N3O5/c1-21(16-7-9-17(28-2)10-8-16)19(26)24(20(27)23-21)14-18(25)29-12-4-6-15-5-3-11-22-13-15/h3,5,7-11,13H,4,6,12,14H2,1-2H3,(H,23,27). The molecule has 1 saturated heterocycles. The van der Waals surface area contributed by atoms with Crippen molar-refractivity contribution in [3.05, 3.63) is 59.9 Å². The van der Waals surface area contributed by atoms with Crippen molar-refractivity contribution in [3.8, 4) is 5.75 Å². The van der Waals surface area contributed by atoms with Gasteiger partial charge in [0.05, 0.1) is 13.7 Å². The minimum Gasteiger partial charge on any atom is -0.497 e. The van der Waals surface area contributed by atoms with Crippen molar-refractivity contribution in [1.82, 2.24) is 15.2 Å². The molecule has 1 fully saturated rings. The van der Waals surface area contributed by atoms with Crippen LogP contribution < -0.4 is 10.1 Å². The number of carbonyl (C=O) groups is 3. The number of rotatable bonds is 8. The fourth-order valence-electron chi connectivity index (χ4n) is 3.14. The molecule has 0 aliphatic carbocycles. The molecule has 0 bridgehead atoms. The van der Waals surface area contributed by atoms with Gasteiger partial charge in [0.1, 0.15) is 17.8 Å². The normalized spacial score (nSPS) is 18.5. The summed E-state index contributed by atoms with van der Waals surface area (Å²) >= 11 is 0. The molecular weight excluding hydrogens is 374 g/mol. The van der Waals surface area contributed by atoms with Gasteiger partial charge in [0.15, 0.2) is 0 Å². The molecule has 1 aromatic carbocycles. The van der Waals surface area contributed by atoms with Gasteiger partial charge in [-0.3, -0.25) is 19.5 Å². The molecule has 1 unspecified atom stereocenters. The van der Waals surface area contributed by atoms with E-state index in [1.54, 1.807) is 50.7 Å². The minimum absolute atomic E-state index is 0.202. The van der Waals surface area contributed by atoms with E-state index in [4.69, 9.17) is 9.47 Å². The highest BCUT2D eigenvalue weighted by Gasteiger charge is 2.49. The largest absolute Gasteiger partial charge is 0.497 e. The van der Waals surface area contributed by atoms with Gasteiger partial charge >= 0.3 is 12.0 Å². The summed E-state index contributed by atoms with van der Waals surface area (Å²) in [4.78, 5) is 42.2. The van der Waals surface area contributed by atoms with Crippen LogP contribution in [0, 0.1) is 0 Å². The van der Waals surface area contributed by atoms with Crippen molar-refractivity contribution in [2.24, 2.45) is 0 Å². The number of hydrogen-bond donors (Lipinski definition) is 1. The summed E-state index contributed by atoms with van der Waals surface area (Å²) in [6.45, 7) is 1.38. The van der Waals surface area contributed by atoms with Gasteiger partial charge in [-0.1, -0.05) is 18.2 Å². The fraction of sp³-hybridized carbons (Fsp3) is 0.333. The number of nitrogens with one attached hydrogen (secondary N) is 1. The molecule has 3 amide bonds. The number of aromatic nitrogens is 1. The second kappa shape index (κ2) is 8.72. The highest BCUT2D eigenvalue weighted by Crippen LogP contribution is 2.29. The second-order valence-electron chi connectivity index (χ2n) is 6.86. The molecule has 8 nitrogen and oxygen atoms in total. The number of ether oxygens (including phenoxy) is 2. The zero-order chi connectivity index (χ0) is 20.9. The van der Waals surface area contributed by atoms with Crippen LogP contribution in [0.5, 0.6) is 5.75 Å². The number of benzene rings is 1. The van der Waals surface area contributed by atoms with Crippen LogP contribution in [0.2, 0.25) is 0 Å². The molecule has 1 aliphatic rings. The maximum atomic E-state index is 12.8. The van der Waals surface area contributed by atoms with E-state index < -0.39 is 30.0 Å². The van der Waals surface area contributed by atoms with Gasteiger partial charge in [0.2, 0.25) is 0 Å². The van der Waals surface area contributed by atoms with E-state index in [2.05, 4.69) is 10.3 Å². The van der Waals surface area contributed by atoms with Gasteiger partial charge in [0.25, 0.3) is 5.91 Å². The van der Waals surface area contributed by atoms with Crippen LogP contribution in [0.25, 0.3) is 0 Å². The monoisotopic (exact) mass is 397 g/mol. The number of nitrogens with zero attached hydrogens (tertiary/aromatic N) is 2. The van der Waals surface area contributed by atoms with E-state index in [0.29, 0.717) is 17.7 Å². The minimum atomic E-state index is -1.25. The van der Waals surface area contributed by atoms with Gasteiger partial charge in [-0.25, -0.2) is 4.79 Å². The van der Waals surface area contributed by atoms with Crippen LogP contribution in [0.15, 0.2) is 48.8 Å². The lowest BCUT2D eigenvalue weighted by Gasteiger charge is -2.22. The molecule has 0 radical (unpaired) electrons. The molecule has 0 spiro atoms. The third-order valence-electron chi connectivity index (χ3n) is 4.83. The molecule has 0 saturated carbocycles. The van der Waals surface area contributed by atoms with Gasteiger partial charge < -0.3 is 14.8 Å². The summed E-state index contributed by atoms with van der Waals surface area (Å²) in [5, 5.41) is 2.66. The second-order valence-corrected chi connectivity index (χ2v) is 6.86. The zero-order valence-corrected chi connectivity index (χ0v) is 16.4. The Kier molecular flexibility index (Phi) is 6.11. The van der Waals surface area contributed by atoms with E-state index >= 15 is 0 Å². The van der Waals surface area contributed by atoms with Crippen LogP contribution in [0.3, 0.4) is 0 Å². The number of amides is 3. The van der Waals surface area contributed by atoms with E-state index in [1.165, 1.54) is 0 Å². The predicted octanol–water partition coefficient (Wildman–Crippen LogP) is 2.03. The Labute approximate surface area is 168 Å². The third-order valence-corrected chi connectivity index (χ3v) is 4.83. The molecule has 1 atom stereocenters. The molecule has 29 heavy (non-hydrogen) atoms. The first kappa shape index (κ1) is 20.3. The first-order valence-corrected chi connectivity index (χ1v) is 9.27. The topological polar surface area (TPSA) is 97.8 Å². The number of hydrogen-bond acceptors (Lipinski definition) is 6. The summed E-state index contributed by atoms with van der Waals surface area (Å²) in [5.74, 6) is -0.487. The lowest BCUT2D eigenvalue weighted by Crippen LogP contribution is -2.41. The number of urea groups is 1. The van der Waals surface area contributed by atoms with E-state index in [-0.39, 0.29) is 6.61 Å². The van der Waals surface area contributed by atoms with Gasteiger partial charge in [-0.2, -0.15) is 0 Å². The zero-order valence-electron chi connectivity index (χ0n) is 16.4. The maximum absolute atomic E-state index is 12.8. The molecule has 152 valence electrons. The SMILES string of the molecule is COc1ccc(C2(C)NC(=O)N(CC(=O)OCCCc3cccnc3)C2=O)cc1. The molecule has 2 aromatic rings. The summed E-state index contributed by atoms with van der Waals surface area (Å²) in [6.07, 6.45) is 4.80. The lowest BCUT2D eigenvalue weighted by molar-refractivity contribution is -0.147. The molecule has 3 rings (SSSR count). The Hall–Kier alpha value is -3.42. The van der Waals surface area contributed by atoms with E-state index in [0.717, 1.165) is 16.9 Å². The van der Waals surface area contributed by atoms with Gasteiger partial charge in [0, 0.05) is 12.4 Å². The Morgan fingerprint density at radius 2 is 1.97 bits per heavy atom. The van der Waals surface area contributed by atoms with Crippen molar-refractivity contribution in [2.45, 2.75) is 25.3 Å². The molecule has 1 N–H and O–H groups in total. The summed E-state index contributed by atoms with van der Waals surface area (Å²) < 4.78 is 10.3. The Balaban J connectivity index is 1.54. The van der Waals surface area contributed by atoms with Crippen LogP contribution in [-0.4, -0.2) is 48.1 Å². The van der Waals surface area contributed by atoms with Crippen LogP contribution in [0.4, 0.5) is 4.79 Å². The van der Waals surface area contributed by atoms with Crippen molar-refractivity contribution >= 4 is 17.9 Å². The number of esters is 1.